The summed E-state index contributed by atoms with van der Waals surface area (Å²) in [6.45, 7) is 0.388. The van der Waals surface area contributed by atoms with Crippen LogP contribution in [0.2, 0.25) is 0 Å². The number of carbonyl (C=O) groups is 2. The molecular weight excluding hydrogens is 253 g/mol. The zero-order valence-electron chi connectivity index (χ0n) is 10.4. The third-order valence-corrected chi connectivity index (χ3v) is 3.17. The van der Waals surface area contributed by atoms with Gasteiger partial charge in [-0.3, -0.25) is 4.79 Å². The fraction of sp³-hybridized carbons (Fsp3) is 0.385. The van der Waals surface area contributed by atoms with Crippen molar-refractivity contribution in [1.82, 2.24) is 4.90 Å². The summed E-state index contributed by atoms with van der Waals surface area (Å²) < 4.78 is 18.3. The van der Waals surface area contributed by atoms with E-state index in [0.29, 0.717) is 19.4 Å². The fourth-order valence-corrected chi connectivity index (χ4v) is 2.22. The van der Waals surface area contributed by atoms with Gasteiger partial charge in [0.15, 0.2) is 0 Å². The van der Waals surface area contributed by atoms with E-state index in [1.807, 2.05) is 0 Å². The quantitative estimate of drug-likeness (QED) is 0.820. The summed E-state index contributed by atoms with van der Waals surface area (Å²) in [7, 11) is 1.25. The van der Waals surface area contributed by atoms with E-state index in [1.165, 1.54) is 24.1 Å². The van der Waals surface area contributed by atoms with Crippen LogP contribution in [0.25, 0.3) is 0 Å². The van der Waals surface area contributed by atoms with Gasteiger partial charge in [0.2, 0.25) is 0 Å². The summed E-state index contributed by atoms with van der Waals surface area (Å²) in [5, 5.41) is 9.12. The number of halogens is 1. The maximum absolute atomic E-state index is 13.6. The molecule has 5 nitrogen and oxygen atoms in total. The van der Waals surface area contributed by atoms with E-state index in [4.69, 9.17) is 5.11 Å². The summed E-state index contributed by atoms with van der Waals surface area (Å²) in [6.07, 6.45) is 1.18. The molecule has 102 valence electrons. The van der Waals surface area contributed by atoms with Crippen LogP contribution in [0.1, 0.15) is 23.2 Å². The molecule has 1 aromatic carbocycles. The van der Waals surface area contributed by atoms with Gasteiger partial charge < -0.3 is 14.7 Å². The van der Waals surface area contributed by atoms with Gasteiger partial charge in [0.05, 0.1) is 12.7 Å². The first-order valence-corrected chi connectivity index (χ1v) is 5.92. The molecule has 1 aromatic rings. The lowest BCUT2D eigenvalue weighted by Crippen LogP contribution is -2.41. The molecule has 1 aliphatic rings. The third kappa shape index (κ3) is 2.52. The maximum atomic E-state index is 13.6. The Balaban J connectivity index is 2.25. The number of nitrogens with zero attached hydrogens (tertiary/aromatic N) is 1. The highest BCUT2D eigenvalue weighted by molar-refractivity contribution is 5.97. The van der Waals surface area contributed by atoms with Gasteiger partial charge >= 0.3 is 5.97 Å². The molecule has 0 spiro atoms. The van der Waals surface area contributed by atoms with E-state index < -0.39 is 23.7 Å². The number of hydrogen-bond acceptors (Lipinski definition) is 4. The lowest BCUT2D eigenvalue weighted by atomic mass is 10.1. The molecule has 19 heavy (non-hydrogen) atoms. The molecule has 0 aliphatic carbocycles. The number of likely N-dealkylation sites (tertiary alicyclic amines) is 1. The van der Waals surface area contributed by atoms with Gasteiger partial charge in [0.1, 0.15) is 17.6 Å². The number of methoxy groups -OCH3 is 1. The number of hydrogen-bond donors (Lipinski definition) is 1. The zero-order chi connectivity index (χ0) is 14.0. The molecular formula is C13H14FNO4. The van der Waals surface area contributed by atoms with Gasteiger partial charge in [-0.25, -0.2) is 9.18 Å². The molecule has 1 aliphatic heterocycles. The molecule has 1 amide bonds. The molecule has 0 radical (unpaired) electrons. The first kappa shape index (κ1) is 13.3. The van der Waals surface area contributed by atoms with E-state index in [9.17, 15) is 14.0 Å². The Morgan fingerprint density at radius 1 is 1.47 bits per heavy atom. The molecule has 1 fully saturated rings. The molecule has 6 heteroatoms. The Hall–Kier alpha value is -2.11. The first-order valence-electron chi connectivity index (χ1n) is 5.92. The largest absolute Gasteiger partial charge is 0.508 e. The molecule has 2 rings (SSSR count). The van der Waals surface area contributed by atoms with Crippen LogP contribution in [-0.2, 0) is 9.53 Å². The lowest BCUT2D eigenvalue weighted by molar-refractivity contribution is -0.145. The maximum Gasteiger partial charge on any atom is 0.328 e. The number of phenolic OH excluding ortho intramolecular Hbond substituents is 1. The summed E-state index contributed by atoms with van der Waals surface area (Å²) in [5.74, 6) is -2.11. The van der Waals surface area contributed by atoms with Crippen molar-refractivity contribution in [2.24, 2.45) is 0 Å². The summed E-state index contributed by atoms with van der Waals surface area (Å²) in [4.78, 5) is 25.1. The Kier molecular flexibility index (Phi) is 3.69. The highest BCUT2D eigenvalue weighted by Gasteiger charge is 2.36. The predicted molar refractivity (Wildman–Crippen MR) is 64.1 cm³/mol. The van der Waals surface area contributed by atoms with Crippen molar-refractivity contribution in [1.29, 1.82) is 0 Å². The monoisotopic (exact) mass is 267 g/mol. The summed E-state index contributed by atoms with van der Waals surface area (Å²) in [5.41, 5.74) is -0.159. The Labute approximate surface area is 109 Å². The van der Waals surface area contributed by atoms with Crippen molar-refractivity contribution in [2.45, 2.75) is 18.9 Å². The predicted octanol–water partition coefficient (Wildman–Crippen LogP) is 1.31. The van der Waals surface area contributed by atoms with Crippen LogP contribution in [-0.4, -0.2) is 41.6 Å². The molecule has 0 bridgehead atoms. The van der Waals surface area contributed by atoms with Crippen molar-refractivity contribution >= 4 is 11.9 Å². The number of rotatable bonds is 2. The highest BCUT2D eigenvalue weighted by Crippen LogP contribution is 2.23. The lowest BCUT2D eigenvalue weighted by Gasteiger charge is -2.22. The average molecular weight is 267 g/mol. The Morgan fingerprint density at radius 3 is 2.84 bits per heavy atom. The molecule has 1 atom stereocenters. The van der Waals surface area contributed by atoms with Gasteiger partial charge in [0, 0.05) is 12.6 Å². The minimum Gasteiger partial charge on any atom is -0.508 e. The van der Waals surface area contributed by atoms with Crippen LogP contribution in [0.15, 0.2) is 18.2 Å². The molecule has 1 saturated heterocycles. The highest BCUT2D eigenvalue weighted by atomic mass is 19.1. The van der Waals surface area contributed by atoms with E-state index in [0.717, 1.165) is 6.07 Å². The minimum absolute atomic E-state index is 0.159. The van der Waals surface area contributed by atoms with Crippen LogP contribution < -0.4 is 0 Å². The average Bonchev–Trinajstić information content (AvgIpc) is 2.86. The summed E-state index contributed by atoms with van der Waals surface area (Å²) in [6, 6.07) is 2.65. The molecule has 0 saturated carbocycles. The van der Waals surface area contributed by atoms with Gasteiger partial charge in [-0.15, -0.1) is 0 Å². The Morgan fingerprint density at radius 2 is 2.21 bits per heavy atom. The second-order valence-electron chi connectivity index (χ2n) is 4.34. The van der Waals surface area contributed by atoms with Gasteiger partial charge in [0.25, 0.3) is 5.91 Å². The van der Waals surface area contributed by atoms with E-state index in [1.54, 1.807) is 0 Å². The van der Waals surface area contributed by atoms with Crippen molar-refractivity contribution in [3.8, 4) is 5.75 Å². The van der Waals surface area contributed by atoms with Gasteiger partial charge in [-0.1, -0.05) is 0 Å². The van der Waals surface area contributed by atoms with Crippen LogP contribution in [0.5, 0.6) is 5.75 Å². The van der Waals surface area contributed by atoms with E-state index >= 15 is 0 Å². The van der Waals surface area contributed by atoms with Crippen molar-refractivity contribution in [3.63, 3.8) is 0 Å². The smallest absolute Gasteiger partial charge is 0.328 e. The molecule has 1 heterocycles. The number of ether oxygens (including phenoxy) is 1. The zero-order valence-corrected chi connectivity index (χ0v) is 10.4. The van der Waals surface area contributed by atoms with Crippen molar-refractivity contribution in [2.75, 3.05) is 13.7 Å². The van der Waals surface area contributed by atoms with Gasteiger partial charge in [-0.2, -0.15) is 0 Å². The third-order valence-electron chi connectivity index (χ3n) is 3.17. The number of amides is 1. The fourth-order valence-electron chi connectivity index (χ4n) is 2.22. The van der Waals surface area contributed by atoms with E-state index in [-0.39, 0.29) is 11.3 Å². The molecule has 1 N–H and O–H groups in total. The topological polar surface area (TPSA) is 66.8 Å². The standard InChI is InChI=1S/C13H14FNO4/c1-19-13(18)11-3-2-6-15(11)12(17)9-5-4-8(16)7-10(9)14/h4-5,7,11,16H,2-3,6H2,1H3. The number of phenols is 1. The van der Waals surface area contributed by atoms with Crippen molar-refractivity contribution < 1.29 is 23.8 Å². The molecule has 1 unspecified atom stereocenters. The number of esters is 1. The first-order chi connectivity index (χ1) is 9.04. The van der Waals surface area contributed by atoms with Crippen LogP contribution >= 0.6 is 0 Å². The Bertz CT molecular complexity index is 517. The number of aromatic hydroxyl groups is 1. The molecule has 0 aromatic heterocycles. The number of carbonyl (C=O) groups excluding carboxylic acids is 2. The van der Waals surface area contributed by atoms with Crippen molar-refractivity contribution in [3.05, 3.63) is 29.6 Å². The van der Waals surface area contributed by atoms with Crippen LogP contribution in [0, 0.1) is 5.82 Å². The second-order valence-corrected chi connectivity index (χ2v) is 4.34. The normalized spacial score (nSPS) is 18.4. The summed E-state index contributed by atoms with van der Waals surface area (Å²) >= 11 is 0. The van der Waals surface area contributed by atoms with Gasteiger partial charge in [-0.05, 0) is 25.0 Å². The SMILES string of the molecule is COC(=O)C1CCCN1C(=O)c1ccc(O)cc1F. The number of benzene rings is 1. The van der Waals surface area contributed by atoms with E-state index in [2.05, 4.69) is 4.74 Å². The second kappa shape index (κ2) is 5.26. The minimum atomic E-state index is -0.805. The van der Waals surface area contributed by atoms with Crippen LogP contribution in [0.3, 0.4) is 0 Å². The van der Waals surface area contributed by atoms with Crippen LogP contribution in [0.4, 0.5) is 4.39 Å².